The summed E-state index contributed by atoms with van der Waals surface area (Å²) < 4.78 is 0. The maximum atomic E-state index is 9.03. The number of nitriles is 1. The maximum absolute atomic E-state index is 9.03. The molecule has 1 aliphatic heterocycles. The lowest BCUT2D eigenvalue weighted by Crippen LogP contribution is -3.22. The number of likely N-dealkylation sites (tertiary alicyclic amines) is 1. The quantitative estimate of drug-likeness (QED) is 0.777. The second kappa shape index (κ2) is 9.20. The summed E-state index contributed by atoms with van der Waals surface area (Å²) in [7, 11) is 2.34. The SMILES string of the molecule is C[C@@H]1C[NH+](C)[C@H](C)C[C@@H]1[NH+](CCC[C@@H](C)C#N)Cc1ccccc1. The van der Waals surface area contributed by atoms with Crippen LogP contribution in [0, 0.1) is 23.2 Å². The third kappa shape index (κ3) is 5.33. The molecular weight excluding hydrogens is 294 g/mol. The van der Waals surface area contributed by atoms with Crippen LogP contribution in [0.3, 0.4) is 0 Å². The Labute approximate surface area is 148 Å². The van der Waals surface area contributed by atoms with Crippen molar-refractivity contribution in [2.75, 3.05) is 20.1 Å². The Bertz CT molecular complexity index is 522. The van der Waals surface area contributed by atoms with E-state index in [2.05, 4.69) is 57.3 Å². The Morgan fingerprint density at radius 1 is 1.29 bits per heavy atom. The molecule has 2 rings (SSSR count). The highest BCUT2D eigenvalue weighted by atomic mass is 15.2. The van der Waals surface area contributed by atoms with E-state index in [1.54, 1.807) is 9.80 Å². The van der Waals surface area contributed by atoms with Gasteiger partial charge >= 0.3 is 0 Å². The second-order valence-corrected chi connectivity index (χ2v) is 8.01. The van der Waals surface area contributed by atoms with Gasteiger partial charge in [-0.05, 0) is 26.7 Å². The van der Waals surface area contributed by atoms with Crippen LogP contribution in [-0.2, 0) is 6.54 Å². The molecule has 0 aromatic heterocycles. The van der Waals surface area contributed by atoms with Gasteiger partial charge in [0.1, 0.15) is 12.6 Å². The molecule has 0 spiro atoms. The molecule has 1 aliphatic rings. The number of hydrogen-bond acceptors (Lipinski definition) is 1. The Balaban J connectivity index is 2.05. The van der Waals surface area contributed by atoms with Crippen LogP contribution >= 0.6 is 0 Å². The minimum absolute atomic E-state index is 0.182. The second-order valence-electron chi connectivity index (χ2n) is 8.01. The zero-order valence-electron chi connectivity index (χ0n) is 15.9. The van der Waals surface area contributed by atoms with Gasteiger partial charge in [0.15, 0.2) is 0 Å². The fourth-order valence-electron chi connectivity index (χ4n) is 4.20. The smallest absolute Gasteiger partial charge is 0.103 e. The molecule has 0 saturated carbocycles. The fraction of sp³-hybridized carbons (Fsp3) is 0.667. The van der Waals surface area contributed by atoms with Crippen LogP contribution in [0.4, 0.5) is 0 Å². The number of quaternary nitrogens is 2. The van der Waals surface area contributed by atoms with Crippen LogP contribution in [0.15, 0.2) is 30.3 Å². The molecule has 3 nitrogen and oxygen atoms in total. The fourth-order valence-corrected chi connectivity index (χ4v) is 4.20. The van der Waals surface area contributed by atoms with E-state index in [-0.39, 0.29) is 5.92 Å². The molecule has 132 valence electrons. The maximum Gasteiger partial charge on any atom is 0.103 e. The van der Waals surface area contributed by atoms with Crippen LogP contribution < -0.4 is 9.80 Å². The van der Waals surface area contributed by atoms with Gasteiger partial charge in [0, 0.05) is 11.5 Å². The number of benzene rings is 1. The molecule has 1 saturated heterocycles. The lowest BCUT2D eigenvalue weighted by atomic mass is 9.88. The van der Waals surface area contributed by atoms with Crippen molar-refractivity contribution >= 4 is 0 Å². The van der Waals surface area contributed by atoms with Crippen molar-refractivity contribution < 1.29 is 9.80 Å². The molecule has 3 heteroatoms. The monoisotopic (exact) mass is 329 g/mol. The molecule has 1 aromatic rings. The lowest BCUT2D eigenvalue weighted by molar-refractivity contribution is -0.975. The average Bonchev–Trinajstić information content (AvgIpc) is 2.58. The first kappa shape index (κ1) is 19.0. The summed E-state index contributed by atoms with van der Waals surface area (Å²) in [6.07, 6.45) is 3.48. The molecular formula is C21H35N3+2. The minimum Gasteiger partial charge on any atom is -0.335 e. The molecule has 1 fully saturated rings. The van der Waals surface area contributed by atoms with E-state index in [9.17, 15) is 0 Å². The van der Waals surface area contributed by atoms with Crippen molar-refractivity contribution in [2.45, 2.75) is 58.7 Å². The number of rotatable bonds is 7. The summed E-state index contributed by atoms with van der Waals surface area (Å²) in [5.74, 6) is 0.939. The Morgan fingerprint density at radius 2 is 2.00 bits per heavy atom. The molecule has 0 radical (unpaired) electrons. The summed E-state index contributed by atoms with van der Waals surface area (Å²) in [5.41, 5.74) is 1.44. The molecule has 24 heavy (non-hydrogen) atoms. The molecule has 0 aliphatic carbocycles. The molecule has 1 aromatic carbocycles. The van der Waals surface area contributed by atoms with Gasteiger partial charge in [-0.2, -0.15) is 5.26 Å². The van der Waals surface area contributed by atoms with Gasteiger partial charge in [-0.15, -0.1) is 0 Å². The summed E-state index contributed by atoms with van der Waals surface area (Å²) >= 11 is 0. The lowest BCUT2D eigenvalue weighted by Gasteiger charge is -2.40. The van der Waals surface area contributed by atoms with Gasteiger partial charge in [-0.25, -0.2) is 0 Å². The van der Waals surface area contributed by atoms with E-state index in [0.29, 0.717) is 0 Å². The number of hydrogen-bond donors (Lipinski definition) is 2. The highest BCUT2D eigenvalue weighted by molar-refractivity contribution is 5.13. The van der Waals surface area contributed by atoms with Crippen molar-refractivity contribution in [3.05, 3.63) is 35.9 Å². The Morgan fingerprint density at radius 3 is 2.67 bits per heavy atom. The third-order valence-electron chi connectivity index (χ3n) is 5.93. The van der Waals surface area contributed by atoms with Gasteiger partial charge in [0.05, 0.1) is 44.6 Å². The number of nitrogens with zero attached hydrogens (tertiary/aromatic N) is 1. The largest absolute Gasteiger partial charge is 0.335 e. The van der Waals surface area contributed by atoms with E-state index in [4.69, 9.17) is 5.26 Å². The van der Waals surface area contributed by atoms with E-state index in [1.165, 1.54) is 25.1 Å². The predicted molar refractivity (Wildman–Crippen MR) is 98.8 cm³/mol. The summed E-state index contributed by atoms with van der Waals surface area (Å²) in [6, 6.07) is 14.8. The van der Waals surface area contributed by atoms with E-state index in [1.807, 2.05) is 6.92 Å². The third-order valence-corrected chi connectivity index (χ3v) is 5.93. The topological polar surface area (TPSA) is 32.7 Å². The van der Waals surface area contributed by atoms with Gasteiger partial charge < -0.3 is 9.80 Å². The zero-order chi connectivity index (χ0) is 17.5. The molecule has 1 heterocycles. The molecule has 2 unspecified atom stereocenters. The predicted octanol–water partition coefficient (Wildman–Crippen LogP) is 1.32. The van der Waals surface area contributed by atoms with Crippen molar-refractivity contribution in [3.63, 3.8) is 0 Å². The first-order chi connectivity index (χ1) is 11.5. The van der Waals surface area contributed by atoms with E-state index >= 15 is 0 Å². The summed E-state index contributed by atoms with van der Waals surface area (Å²) in [5, 5.41) is 9.03. The summed E-state index contributed by atoms with van der Waals surface area (Å²) in [4.78, 5) is 3.40. The van der Waals surface area contributed by atoms with E-state index < -0.39 is 0 Å². The molecule has 0 amide bonds. The van der Waals surface area contributed by atoms with Crippen molar-refractivity contribution in [1.82, 2.24) is 0 Å². The Kier molecular flexibility index (Phi) is 7.27. The first-order valence-corrected chi connectivity index (χ1v) is 9.61. The molecule has 2 N–H and O–H groups in total. The van der Waals surface area contributed by atoms with Gasteiger partial charge in [0.2, 0.25) is 0 Å². The molecule has 6 atom stereocenters. The van der Waals surface area contributed by atoms with Crippen molar-refractivity contribution in [3.8, 4) is 6.07 Å². The van der Waals surface area contributed by atoms with Crippen LogP contribution in [0.2, 0.25) is 0 Å². The zero-order valence-corrected chi connectivity index (χ0v) is 15.9. The standard InChI is InChI=1S/C21H33N3/c1-17(14-22)9-8-12-24(16-20-10-6-5-7-11-20)21-13-19(3)23(4)15-18(21)2/h5-7,10-11,17-19,21H,8-9,12-13,15-16H2,1-4H3/p+2/t17-,18-,19-,21+/m1/s1. The minimum atomic E-state index is 0.182. The van der Waals surface area contributed by atoms with Crippen molar-refractivity contribution in [2.24, 2.45) is 11.8 Å². The average molecular weight is 330 g/mol. The van der Waals surface area contributed by atoms with Gasteiger partial charge in [-0.1, -0.05) is 37.3 Å². The van der Waals surface area contributed by atoms with Crippen LogP contribution in [0.1, 0.15) is 45.6 Å². The van der Waals surface area contributed by atoms with Crippen LogP contribution in [-0.4, -0.2) is 32.2 Å². The van der Waals surface area contributed by atoms with Crippen LogP contribution in [0.25, 0.3) is 0 Å². The molecule has 0 bridgehead atoms. The van der Waals surface area contributed by atoms with Gasteiger partial charge in [-0.3, -0.25) is 0 Å². The van der Waals surface area contributed by atoms with Gasteiger partial charge in [0.25, 0.3) is 0 Å². The Hall–Kier alpha value is -1.37. The normalized spacial score (nSPS) is 29.6. The number of piperidine rings is 1. The number of nitrogens with one attached hydrogen (secondary N) is 2. The first-order valence-electron chi connectivity index (χ1n) is 9.61. The summed E-state index contributed by atoms with van der Waals surface area (Å²) in [6.45, 7) is 10.4. The van der Waals surface area contributed by atoms with E-state index in [0.717, 1.165) is 37.4 Å². The van der Waals surface area contributed by atoms with Crippen molar-refractivity contribution in [1.29, 1.82) is 5.26 Å². The van der Waals surface area contributed by atoms with Crippen LogP contribution in [0.5, 0.6) is 0 Å². The highest BCUT2D eigenvalue weighted by Gasteiger charge is 2.38. The highest BCUT2D eigenvalue weighted by Crippen LogP contribution is 2.11.